The molecular formula is C11H9F2NO2. The Kier molecular flexibility index (Phi) is 3.84. The Balaban J connectivity index is 3.09. The van der Waals surface area contributed by atoms with Crippen molar-refractivity contribution in [3.8, 4) is 18.1 Å². The molecule has 84 valence electrons. The number of benzene rings is 1. The summed E-state index contributed by atoms with van der Waals surface area (Å²) in [6.45, 7) is -2.93. The van der Waals surface area contributed by atoms with E-state index in [1.54, 1.807) is 0 Å². The number of hydrogen-bond acceptors (Lipinski definition) is 2. The Morgan fingerprint density at radius 2 is 2.25 bits per heavy atom. The van der Waals surface area contributed by atoms with Crippen molar-refractivity contribution in [3.05, 3.63) is 29.3 Å². The van der Waals surface area contributed by atoms with Gasteiger partial charge in [0.25, 0.3) is 0 Å². The number of nitrogens with two attached hydrogens (primary N) is 1. The van der Waals surface area contributed by atoms with Gasteiger partial charge in [-0.1, -0.05) is 0 Å². The number of halogens is 2. The maximum atomic E-state index is 12.0. The number of ether oxygens (including phenoxy) is 1. The summed E-state index contributed by atoms with van der Waals surface area (Å²) in [6.07, 6.45) is 5.16. The molecule has 0 radical (unpaired) electrons. The van der Waals surface area contributed by atoms with Crippen molar-refractivity contribution in [2.75, 3.05) is 0 Å². The lowest BCUT2D eigenvalue weighted by Crippen LogP contribution is -2.12. The van der Waals surface area contributed by atoms with Gasteiger partial charge in [0.2, 0.25) is 5.91 Å². The number of carbonyl (C=O) groups excluding carboxylic acids is 1. The van der Waals surface area contributed by atoms with Gasteiger partial charge in [-0.25, -0.2) is 0 Å². The molecule has 0 bridgehead atoms. The van der Waals surface area contributed by atoms with Crippen LogP contribution in [0.5, 0.6) is 5.75 Å². The van der Waals surface area contributed by atoms with Gasteiger partial charge < -0.3 is 10.5 Å². The Morgan fingerprint density at radius 1 is 1.56 bits per heavy atom. The SMILES string of the molecule is C#CCc1cc(C(N)=O)ccc1OC(F)F. The first kappa shape index (κ1) is 12.0. The average Bonchev–Trinajstić information content (AvgIpc) is 2.20. The highest BCUT2D eigenvalue weighted by molar-refractivity contribution is 5.93. The fourth-order valence-electron chi connectivity index (χ4n) is 1.19. The largest absolute Gasteiger partial charge is 0.435 e. The second kappa shape index (κ2) is 5.12. The van der Waals surface area contributed by atoms with Crippen LogP contribution in [0, 0.1) is 12.3 Å². The fraction of sp³-hybridized carbons (Fsp3) is 0.182. The summed E-state index contributed by atoms with van der Waals surface area (Å²) in [5, 5.41) is 0. The van der Waals surface area contributed by atoms with Crippen LogP contribution in [0.3, 0.4) is 0 Å². The lowest BCUT2D eigenvalue weighted by atomic mass is 10.1. The zero-order valence-electron chi connectivity index (χ0n) is 8.24. The predicted octanol–water partition coefficient (Wildman–Crippen LogP) is 1.56. The van der Waals surface area contributed by atoms with Crippen LogP contribution in [0.1, 0.15) is 15.9 Å². The van der Waals surface area contributed by atoms with Crippen molar-refractivity contribution in [2.24, 2.45) is 5.73 Å². The molecule has 3 nitrogen and oxygen atoms in total. The number of alkyl halides is 2. The molecule has 16 heavy (non-hydrogen) atoms. The summed E-state index contributed by atoms with van der Waals surface area (Å²) in [7, 11) is 0. The van der Waals surface area contributed by atoms with Gasteiger partial charge in [0.1, 0.15) is 5.75 Å². The van der Waals surface area contributed by atoms with E-state index in [4.69, 9.17) is 12.2 Å². The maximum Gasteiger partial charge on any atom is 0.387 e. The van der Waals surface area contributed by atoms with Gasteiger partial charge in [-0.3, -0.25) is 4.79 Å². The first-order valence-corrected chi connectivity index (χ1v) is 4.35. The molecule has 1 amide bonds. The lowest BCUT2D eigenvalue weighted by Gasteiger charge is -2.09. The minimum absolute atomic E-state index is 0.0436. The summed E-state index contributed by atoms with van der Waals surface area (Å²) in [4.78, 5) is 10.9. The Hall–Kier alpha value is -2.09. The summed E-state index contributed by atoms with van der Waals surface area (Å²) < 4.78 is 28.3. The monoisotopic (exact) mass is 225 g/mol. The lowest BCUT2D eigenvalue weighted by molar-refractivity contribution is -0.0503. The van der Waals surface area contributed by atoms with Gasteiger partial charge in [-0.15, -0.1) is 12.3 Å². The first-order chi connectivity index (χ1) is 7.54. The van der Waals surface area contributed by atoms with Gasteiger partial charge in [-0.05, 0) is 18.2 Å². The molecule has 0 aromatic heterocycles. The van der Waals surface area contributed by atoms with Gasteiger partial charge in [0.05, 0.1) is 0 Å². The minimum atomic E-state index is -2.93. The van der Waals surface area contributed by atoms with Crippen LogP contribution in [-0.4, -0.2) is 12.5 Å². The zero-order valence-corrected chi connectivity index (χ0v) is 8.24. The van der Waals surface area contributed by atoms with Gasteiger partial charge >= 0.3 is 6.61 Å². The van der Waals surface area contributed by atoms with E-state index in [0.29, 0.717) is 5.56 Å². The van der Waals surface area contributed by atoms with E-state index in [9.17, 15) is 13.6 Å². The van der Waals surface area contributed by atoms with Crippen molar-refractivity contribution in [2.45, 2.75) is 13.0 Å². The molecule has 0 heterocycles. The highest BCUT2D eigenvalue weighted by atomic mass is 19.3. The van der Waals surface area contributed by atoms with Crippen LogP contribution in [0.4, 0.5) is 8.78 Å². The summed E-state index contributed by atoms with van der Waals surface area (Å²) in [5.41, 5.74) is 5.58. The van der Waals surface area contributed by atoms with Crippen molar-refractivity contribution in [1.29, 1.82) is 0 Å². The first-order valence-electron chi connectivity index (χ1n) is 4.35. The molecule has 2 N–H and O–H groups in total. The Labute approximate surface area is 91.2 Å². The average molecular weight is 225 g/mol. The molecular weight excluding hydrogens is 216 g/mol. The normalized spacial score (nSPS) is 9.88. The van der Waals surface area contributed by atoms with Crippen LogP contribution >= 0.6 is 0 Å². The quantitative estimate of drug-likeness (QED) is 0.790. The van der Waals surface area contributed by atoms with Crippen LogP contribution < -0.4 is 10.5 Å². The molecule has 0 aliphatic carbocycles. The molecule has 0 atom stereocenters. The number of rotatable bonds is 4. The number of primary amides is 1. The predicted molar refractivity (Wildman–Crippen MR) is 54.1 cm³/mol. The van der Waals surface area contributed by atoms with Crippen LogP contribution in [0.15, 0.2) is 18.2 Å². The summed E-state index contributed by atoms with van der Waals surface area (Å²) in [5.74, 6) is 1.59. The standard InChI is InChI=1S/C11H9F2NO2/c1-2-3-7-6-8(10(14)15)4-5-9(7)16-11(12)13/h1,4-6,11H,3H2,(H2,14,15). The van der Waals surface area contributed by atoms with Gasteiger partial charge in [-0.2, -0.15) is 8.78 Å². The van der Waals surface area contributed by atoms with Crippen molar-refractivity contribution in [3.63, 3.8) is 0 Å². The molecule has 5 heteroatoms. The third kappa shape index (κ3) is 2.95. The molecule has 0 saturated heterocycles. The molecule has 0 aliphatic rings. The number of amides is 1. The highest BCUT2D eigenvalue weighted by Crippen LogP contribution is 2.22. The Morgan fingerprint density at radius 3 is 2.75 bits per heavy atom. The van der Waals surface area contributed by atoms with E-state index in [1.807, 2.05) is 0 Å². The van der Waals surface area contributed by atoms with Gasteiger partial charge in [0.15, 0.2) is 0 Å². The Bertz CT molecular complexity index is 438. The smallest absolute Gasteiger partial charge is 0.387 e. The van der Waals surface area contributed by atoms with Crippen LogP contribution in [0.2, 0.25) is 0 Å². The van der Waals surface area contributed by atoms with E-state index in [2.05, 4.69) is 10.7 Å². The molecule has 0 spiro atoms. The van der Waals surface area contributed by atoms with E-state index < -0.39 is 12.5 Å². The number of carbonyl (C=O) groups is 1. The van der Waals surface area contributed by atoms with Crippen LogP contribution in [0.25, 0.3) is 0 Å². The fourth-order valence-corrected chi connectivity index (χ4v) is 1.19. The molecule has 0 unspecified atom stereocenters. The maximum absolute atomic E-state index is 12.0. The van der Waals surface area contributed by atoms with E-state index >= 15 is 0 Å². The molecule has 0 saturated carbocycles. The topological polar surface area (TPSA) is 52.3 Å². The minimum Gasteiger partial charge on any atom is -0.435 e. The van der Waals surface area contributed by atoms with E-state index in [0.717, 1.165) is 0 Å². The molecule has 1 rings (SSSR count). The van der Waals surface area contributed by atoms with Crippen molar-refractivity contribution in [1.82, 2.24) is 0 Å². The molecule has 1 aromatic carbocycles. The third-order valence-electron chi connectivity index (χ3n) is 1.85. The summed E-state index contributed by atoms with van der Waals surface area (Å²) >= 11 is 0. The zero-order chi connectivity index (χ0) is 12.1. The number of terminal acetylenes is 1. The van der Waals surface area contributed by atoms with Gasteiger partial charge in [0, 0.05) is 17.5 Å². The molecule has 1 aromatic rings. The summed E-state index contributed by atoms with van der Waals surface area (Å²) in [6, 6.07) is 3.90. The van der Waals surface area contributed by atoms with Crippen LogP contribution in [-0.2, 0) is 6.42 Å². The third-order valence-corrected chi connectivity index (χ3v) is 1.85. The van der Waals surface area contributed by atoms with E-state index in [1.165, 1.54) is 18.2 Å². The molecule has 0 aliphatic heterocycles. The highest BCUT2D eigenvalue weighted by Gasteiger charge is 2.11. The molecule has 0 fully saturated rings. The second-order valence-corrected chi connectivity index (χ2v) is 2.95. The van der Waals surface area contributed by atoms with Crippen molar-refractivity contribution >= 4 is 5.91 Å². The van der Waals surface area contributed by atoms with E-state index in [-0.39, 0.29) is 17.7 Å². The number of hydrogen-bond donors (Lipinski definition) is 1. The van der Waals surface area contributed by atoms with Crippen molar-refractivity contribution < 1.29 is 18.3 Å². The second-order valence-electron chi connectivity index (χ2n) is 2.95.